The highest BCUT2D eigenvalue weighted by molar-refractivity contribution is 6.07. The van der Waals surface area contributed by atoms with Crippen molar-refractivity contribution >= 4 is 17.3 Å². The first kappa shape index (κ1) is 24.3. The number of para-hydroxylation sites is 1. The molecule has 36 heavy (non-hydrogen) atoms. The van der Waals surface area contributed by atoms with Gasteiger partial charge in [-0.3, -0.25) is 14.6 Å². The number of nitrogens with zero attached hydrogens (tertiary/aromatic N) is 2. The highest BCUT2D eigenvalue weighted by Crippen LogP contribution is 2.44. The fourth-order valence-corrected chi connectivity index (χ4v) is 5.58. The van der Waals surface area contributed by atoms with Gasteiger partial charge < -0.3 is 5.32 Å². The van der Waals surface area contributed by atoms with Crippen LogP contribution in [0.3, 0.4) is 0 Å². The predicted molar refractivity (Wildman–Crippen MR) is 144 cm³/mol. The van der Waals surface area contributed by atoms with E-state index in [-0.39, 0.29) is 11.7 Å². The number of amides is 1. The van der Waals surface area contributed by atoms with Gasteiger partial charge in [0, 0.05) is 42.8 Å². The van der Waals surface area contributed by atoms with Gasteiger partial charge in [0.25, 0.3) is 5.91 Å². The Morgan fingerprint density at radius 1 is 0.944 bits per heavy atom. The zero-order valence-electron chi connectivity index (χ0n) is 20.9. The molecule has 3 aromatic carbocycles. The molecular formula is C31H34FN3O. The summed E-state index contributed by atoms with van der Waals surface area (Å²) in [6.07, 6.45) is 6.52. The Bertz CT molecular complexity index is 1230. The molecule has 0 saturated carbocycles. The number of unbranched alkanes of at least 4 members (excludes halogenated alkanes) is 1. The van der Waals surface area contributed by atoms with Crippen molar-refractivity contribution in [1.82, 2.24) is 4.90 Å². The van der Waals surface area contributed by atoms with Gasteiger partial charge in [0.05, 0.1) is 5.54 Å². The van der Waals surface area contributed by atoms with Gasteiger partial charge in [-0.1, -0.05) is 67.9 Å². The first-order valence-electron chi connectivity index (χ1n) is 13.0. The summed E-state index contributed by atoms with van der Waals surface area (Å²) in [7, 11) is 0. The van der Waals surface area contributed by atoms with Crippen molar-refractivity contribution < 1.29 is 9.18 Å². The van der Waals surface area contributed by atoms with Crippen molar-refractivity contribution in [3.05, 3.63) is 108 Å². The number of hydrogen-bond donors (Lipinski definition) is 1. The van der Waals surface area contributed by atoms with Crippen LogP contribution in [0, 0.1) is 5.82 Å². The third-order valence-corrected chi connectivity index (χ3v) is 7.50. The second-order valence-corrected chi connectivity index (χ2v) is 9.89. The van der Waals surface area contributed by atoms with Gasteiger partial charge in [-0.05, 0) is 61.1 Å². The summed E-state index contributed by atoms with van der Waals surface area (Å²) >= 11 is 0. The van der Waals surface area contributed by atoms with Crippen molar-refractivity contribution in [2.24, 2.45) is 0 Å². The summed E-state index contributed by atoms with van der Waals surface area (Å²) in [5.41, 5.74) is 4.60. The molecule has 0 aromatic heterocycles. The number of benzene rings is 3. The largest absolute Gasteiger partial charge is 0.357 e. The van der Waals surface area contributed by atoms with Crippen molar-refractivity contribution in [3.8, 4) is 0 Å². The molecule has 186 valence electrons. The molecule has 4 nitrogen and oxygen atoms in total. The maximum absolute atomic E-state index is 14.2. The van der Waals surface area contributed by atoms with Crippen molar-refractivity contribution in [1.29, 1.82) is 0 Å². The smallest absolute Gasteiger partial charge is 0.253 e. The zero-order valence-corrected chi connectivity index (χ0v) is 20.9. The standard InChI is InChI=1S/C31H34FN3O/c1-2-3-12-25-13-7-8-16-28(25)33-29-22-30(36)35(27-15-9-14-26(32)21-27)31(29)17-19-34(20-18-31)23-24-10-5-4-6-11-24/h4-11,13-16,21-22,33H,2-3,12,17-20,23H2,1H3. The average molecular weight is 484 g/mol. The van der Waals surface area contributed by atoms with E-state index in [4.69, 9.17) is 0 Å². The summed E-state index contributed by atoms with van der Waals surface area (Å²) in [5.74, 6) is -0.422. The summed E-state index contributed by atoms with van der Waals surface area (Å²) in [4.78, 5) is 17.7. The van der Waals surface area contributed by atoms with Crippen molar-refractivity contribution in [2.45, 2.75) is 51.1 Å². The number of piperidine rings is 1. The zero-order chi connectivity index (χ0) is 25.0. The van der Waals surface area contributed by atoms with Crippen LogP contribution in [0.1, 0.15) is 43.7 Å². The van der Waals surface area contributed by atoms with E-state index in [9.17, 15) is 9.18 Å². The van der Waals surface area contributed by atoms with Crippen LogP contribution in [-0.4, -0.2) is 29.4 Å². The van der Waals surface area contributed by atoms with Gasteiger partial charge in [0.2, 0.25) is 0 Å². The Kier molecular flexibility index (Phi) is 7.19. The summed E-state index contributed by atoms with van der Waals surface area (Å²) in [6, 6.07) is 25.3. The van der Waals surface area contributed by atoms with Gasteiger partial charge in [0.15, 0.2) is 0 Å². The number of aryl methyl sites for hydroxylation is 1. The van der Waals surface area contributed by atoms with Crippen LogP contribution in [0.15, 0.2) is 90.6 Å². The highest BCUT2D eigenvalue weighted by atomic mass is 19.1. The summed E-state index contributed by atoms with van der Waals surface area (Å²) < 4.78 is 14.2. The molecule has 0 aliphatic carbocycles. The quantitative estimate of drug-likeness (QED) is 0.395. The van der Waals surface area contributed by atoms with E-state index in [1.165, 1.54) is 23.3 Å². The second-order valence-electron chi connectivity index (χ2n) is 9.89. The van der Waals surface area contributed by atoms with Crippen LogP contribution in [0.2, 0.25) is 0 Å². The lowest BCUT2D eigenvalue weighted by molar-refractivity contribution is -0.114. The van der Waals surface area contributed by atoms with Crippen LogP contribution < -0.4 is 10.2 Å². The molecule has 1 spiro atoms. The van der Waals surface area contributed by atoms with Gasteiger partial charge in [0.1, 0.15) is 5.82 Å². The minimum atomic E-state index is -0.532. The van der Waals surface area contributed by atoms with E-state index in [1.54, 1.807) is 12.1 Å². The Morgan fingerprint density at radius 2 is 1.69 bits per heavy atom. The second kappa shape index (κ2) is 10.7. The Hall–Kier alpha value is -3.44. The molecule has 5 heteroatoms. The predicted octanol–water partition coefficient (Wildman–Crippen LogP) is 6.55. The molecular weight excluding hydrogens is 449 g/mol. The minimum absolute atomic E-state index is 0.0920. The molecule has 2 aliphatic heterocycles. The molecule has 3 aromatic rings. The highest BCUT2D eigenvalue weighted by Gasteiger charge is 2.50. The minimum Gasteiger partial charge on any atom is -0.357 e. The molecule has 0 atom stereocenters. The van der Waals surface area contributed by atoms with Gasteiger partial charge in [-0.15, -0.1) is 0 Å². The van der Waals surface area contributed by atoms with Crippen LogP contribution in [0.4, 0.5) is 15.8 Å². The van der Waals surface area contributed by atoms with Gasteiger partial charge in [-0.2, -0.15) is 0 Å². The van der Waals surface area contributed by atoms with E-state index >= 15 is 0 Å². The molecule has 1 saturated heterocycles. The number of anilines is 2. The molecule has 1 N–H and O–H groups in total. The lowest BCUT2D eigenvalue weighted by Crippen LogP contribution is -2.56. The molecule has 1 amide bonds. The third-order valence-electron chi connectivity index (χ3n) is 7.50. The van der Waals surface area contributed by atoms with E-state index in [2.05, 4.69) is 59.6 Å². The van der Waals surface area contributed by atoms with Crippen molar-refractivity contribution in [2.75, 3.05) is 23.3 Å². The van der Waals surface area contributed by atoms with Crippen LogP contribution >= 0.6 is 0 Å². The molecule has 2 aliphatic rings. The Balaban J connectivity index is 1.45. The summed E-state index contributed by atoms with van der Waals surface area (Å²) in [5, 5.41) is 3.67. The van der Waals surface area contributed by atoms with Crippen molar-refractivity contribution in [3.63, 3.8) is 0 Å². The normalized spacial score (nSPS) is 17.4. The fourth-order valence-electron chi connectivity index (χ4n) is 5.58. The number of likely N-dealkylation sites (tertiary alicyclic amines) is 1. The van der Waals surface area contributed by atoms with Gasteiger partial charge in [-0.25, -0.2) is 4.39 Å². The lowest BCUT2D eigenvalue weighted by Gasteiger charge is -2.46. The first-order chi connectivity index (χ1) is 17.6. The van der Waals surface area contributed by atoms with E-state index in [0.29, 0.717) is 5.69 Å². The maximum Gasteiger partial charge on any atom is 0.253 e. The monoisotopic (exact) mass is 483 g/mol. The molecule has 2 heterocycles. The summed E-state index contributed by atoms with van der Waals surface area (Å²) in [6.45, 7) is 4.79. The molecule has 5 rings (SSSR count). The topological polar surface area (TPSA) is 35.6 Å². The van der Waals surface area contributed by atoms with Gasteiger partial charge >= 0.3 is 0 Å². The van der Waals surface area contributed by atoms with Crippen LogP contribution in [0.25, 0.3) is 0 Å². The Morgan fingerprint density at radius 3 is 2.44 bits per heavy atom. The van der Waals surface area contributed by atoms with E-state index in [1.807, 2.05) is 23.1 Å². The number of carbonyl (C=O) groups excluding carboxylic acids is 1. The molecule has 0 unspecified atom stereocenters. The SMILES string of the molecule is CCCCc1ccccc1NC1=CC(=O)N(c2cccc(F)c2)C12CCN(Cc1ccccc1)CC2. The first-order valence-corrected chi connectivity index (χ1v) is 13.0. The lowest BCUT2D eigenvalue weighted by atomic mass is 9.83. The van der Waals surface area contributed by atoms with E-state index in [0.717, 1.165) is 63.1 Å². The molecule has 1 fully saturated rings. The number of rotatable bonds is 8. The number of carbonyl (C=O) groups is 1. The molecule has 0 bridgehead atoms. The third kappa shape index (κ3) is 4.93. The number of nitrogens with one attached hydrogen (secondary N) is 1. The maximum atomic E-state index is 14.2. The number of halogens is 1. The van der Waals surface area contributed by atoms with Crippen LogP contribution in [0.5, 0.6) is 0 Å². The number of hydrogen-bond acceptors (Lipinski definition) is 3. The average Bonchev–Trinajstić information content (AvgIpc) is 3.15. The fraction of sp³-hybridized carbons (Fsp3) is 0.323. The van der Waals surface area contributed by atoms with Crippen LogP contribution in [-0.2, 0) is 17.8 Å². The molecule has 0 radical (unpaired) electrons. The Labute approximate surface area is 213 Å². The van der Waals surface area contributed by atoms with E-state index < -0.39 is 5.54 Å².